The second kappa shape index (κ2) is 6.22. The fourth-order valence-corrected chi connectivity index (χ4v) is 2.77. The van der Waals surface area contributed by atoms with E-state index in [4.69, 9.17) is 0 Å². The van der Waals surface area contributed by atoms with Gasteiger partial charge < -0.3 is 9.88 Å². The summed E-state index contributed by atoms with van der Waals surface area (Å²) >= 11 is 3.40. The number of pyridine rings is 1. The molecule has 108 valence electrons. The Morgan fingerprint density at radius 2 is 2.19 bits per heavy atom. The lowest BCUT2D eigenvalue weighted by Gasteiger charge is -2.24. The molecule has 0 aliphatic heterocycles. The average molecular weight is 347 g/mol. The number of imidazole rings is 1. The predicted molar refractivity (Wildman–Crippen MR) is 83.6 cm³/mol. The molecule has 2 aromatic rings. The van der Waals surface area contributed by atoms with Gasteiger partial charge in [0, 0.05) is 29.0 Å². The molecule has 0 fully saturated rings. The van der Waals surface area contributed by atoms with E-state index in [0.29, 0.717) is 6.54 Å². The molecule has 5 nitrogen and oxygen atoms in total. The van der Waals surface area contributed by atoms with Crippen molar-refractivity contribution in [2.24, 2.45) is 5.92 Å². The number of carbonyl (C=O) groups is 1. The van der Waals surface area contributed by atoms with Crippen molar-refractivity contribution < 1.29 is 4.79 Å². The number of nitrogens with one attached hydrogen (secondary N) is 1. The van der Waals surface area contributed by atoms with Crippen LogP contribution < -0.4 is 4.90 Å². The molecular formula is C15H15BrN4O. The summed E-state index contributed by atoms with van der Waals surface area (Å²) in [6.07, 6.45) is 12.6. The summed E-state index contributed by atoms with van der Waals surface area (Å²) in [5.41, 5.74) is 0.776. The molecule has 0 unspecified atom stereocenters. The first-order valence-electron chi connectivity index (χ1n) is 6.79. The lowest BCUT2D eigenvalue weighted by atomic mass is 10.1. The Morgan fingerprint density at radius 1 is 1.38 bits per heavy atom. The number of nitrogens with zero attached hydrogens (tertiary/aromatic N) is 3. The van der Waals surface area contributed by atoms with E-state index < -0.39 is 0 Å². The standard InChI is InChI=1S/C15H15BrN4O/c16-12-7-13(9-17-8-12)20(10-14-18-5-6-19-14)15(21)11-3-1-2-4-11/h1-2,5-9,11H,3-4,10H2,(H,18,19). The fraction of sp³-hybridized carbons (Fsp3) is 0.267. The summed E-state index contributed by atoms with van der Waals surface area (Å²) in [5, 5.41) is 0. The van der Waals surface area contributed by atoms with Crippen LogP contribution in [0.4, 0.5) is 5.69 Å². The number of aromatic nitrogens is 3. The number of allylic oxidation sites excluding steroid dienone is 2. The maximum atomic E-state index is 12.8. The van der Waals surface area contributed by atoms with Gasteiger partial charge in [-0.3, -0.25) is 9.78 Å². The Labute approximate surface area is 131 Å². The molecule has 0 aromatic carbocycles. The van der Waals surface area contributed by atoms with Crippen LogP contribution in [0, 0.1) is 5.92 Å². The number of amides is 1. The van der Waals surface area contributed by atoms with Crippen LogP contribution in [0.5, 0.6) is 0 Å². The smallest absolute Gasteiger partial charge is 0.231 e. The molecule has 1 N–H and O–H groups in total. The summed E-state index contributed by atoms with van der Waals surface area (Å²) in [7, 11) is 0. The number of halogens is 1. The Balaban J connectivity index is 1.88. The van der Waals surface area contributed by atoms with Gasteiger partial charge in [0.15, 0.2) is 0 Å². The van der Waals surface area contributed by atoms with Crippen molar-refractivity contribution in [1.82, 2.24) is 15.0 Å². The highest BCUT2D eigenvalue weighted by Gasteiger charge is 2.26. The molecule has 0 bridgehead atoms. The summed E-state index contributed by atoms with van der Waals surface area (Å²) in [5.74, 6) is 0.879. The second-order valence-electron chi connectivity index (χ2n) is 4.96. The highest BCUT2D eigenvalue weighted by atomic mass is 79.9. The molecule has 0 atom stereocenters. The fourth-order valence-electron chi connectivity index (χ4n) is 2.42. The van der Waals surface area contributed by atoms with Gasteiger partial charge >= 0.3 is 0 Å². The first kappa shape index (κ1) is 14.0. The number of carbonyl (C=O) groups excluding carboxylic acids is 1. The molecule has 21 heavy (non-hydrogen) atoms. The van der Waals surface area contributed by atoms with Gasteiger partial charge in [0.25, 0.3) is 0 Å². The van der Waals surface area contributed by atoms with Gasteiger partial charge in [0.2, 0.25) is 5.91 Å². The zero-order valence-corrected chi connectivity index (χ0v) is 13.0. The minimum Gasteiger partial charge on any atom is -0.347 e. The zero-order valence-electron chi connectivity index (χ0n) is 11.4. The van der Waals surface area contributed by atoms with E-state index in [1.54, 1.807) is 29.7 Å². The molecule has 1 aliphatic carbocycles. The Morgan fingerprint density at radius 3 is 2.86 bits per heavy atom. The number of aromatic amines is 1. The van der Waals surface area contributed by atoms with Crippen molar-refractivity contribution >= 4 is 27.5 Å². The molecule has 3 rings (SSSR count). The van der Waals surface area contributed by atoms with Crippen molar-refractivity contribution in [3.8, 4) is 0 Å². The van der Waals surface area contributed by atoms with Crippen LogP contribution in [0.25, 0.3) is 0 Å². The van der Waals surface area contributed by atoms with Gasteiger partial charge in [-0.1, -0.05) is 12.2 Å². The third kappa shape index (κ3) is 3.21. The quantitative estimate of drug-likeness (QED) is 0.865. The molecule has 0 spiro atoms. The zero-order chi connectivity index (χ0) is 14.7. The first-order chi connectivity index (χ1) is 10.2. The van der Waals surface area contributed by atoms with Crippen molar-refractivity contribution in [2.45, 2.75) is 19.4 Å². The highest BCUT2D eigenvalue weighted by Crippen LogP contribution is 2.26. The molecule has 0 saturated carbocycles. The van der Waals surface area contributed by atoms with E-state index in [0.717, 1.165) is 28.8 Å². The molecule has 1 aliphatic rings. The number of anilines is 1. The summed E-state index contributed by atoms with van der Waals surface area (Å²) < 4.78 is 0.849. The molecule has 6 heteroatoms. The van der Waals surface area contributed by atoms with Crippen molar-refractivity contribution in [3.63, 3.8) is 0 Å². The van der Waals surface area contributed by atoms with Gasteiger partial charge in [-0.05, 0) is 34.8 Å². The predicted octanol–water partition coefficient (Wildman–Crippen LogP) is 3.07. The van der Waals surface area contributed by atoms with Gasteiger partial charge in [0.1, 0.15) is 5.82 Å². The summed E-state index contributed by atoms with van der Waals surface area (Å²) in [6.45, 7) is 0.417. The van der Waals surface area contributed by atoms with E-state index >= 15 is 0 Å². The van der Waals surface area contributed by atoms with Crippen LogP contribution in [-0.2, 0) is 11.3 Å². The van der Waals surface area contributed by atoms with Crippen LogP contribution in [0.1, 0.15) is 18.7 Å². The van der Waals surface area contributed by atoms with E-state index in [1.165, 1.54) is 0 Å². The van der Waals surface area contributed by atoms with E-state index in [2.05, 4.69) is 43.0 Å². The average Bonchev–Trinajstić information content (AvgIpc) is 3.17. The van der Waals surface area contributed by atoms with Gasteiger partial charge in [-0.2, -0.15) is 0 Å². The first-order valence-corrected chi connectivity index (χ1v) is 7.58. The minimum atomic E-state index is 0.0129. The molecule has 0 radical (unpaired) electrons. The van der Waals surface area contributed by atoms with Crippen LogP contribution >= 0.6 is 15.9 Å². The monoisotopic (exact) mass is 346 g/mol. The molecule has 2 aromatic heterocycles. The largest absolute Gasteiger partial charge is 0.347 e. The highest BCUT2D eigenvalue weighted by molar-refractivity contribution is 9.10. The number of hydrogen-bond acceptors (Lipinski definition) is 3. The molecular weight excluding hydrogens is 332 g/mol. The number of hydrogen-bond donors (Lipinski definition) is 1. The number of rotatable bonds is 4. The van der Waals surface area contributed by atoms with Crippen molar-refractivity contribution in [1.29, 1.82) is 0 Å². The third-order valence-electron chi connectivity index (χ3n) is 3.49. The Bertz CT molecular complexity index is 645. The summed E-state index contributed by atoms with van der Waals surface area (Å²) in [6, 6.07) is 1.90. The normalized spacial score (nSPS) is 14.5. The Kier molecular flexibility index (Phi) is 4.15. The SMILES string of the molecule is O=C(C1CC=CC1)N(Cc1ncc[nH]1)c1cncc(Br)c1. The lowest BCUT2D eigenvalue weighted by Crippen LogP contribution is -2.35. The lowest BCUT2D eigenvalue weighted by molar-refractivity contribution is -0.122. The number of H-pyrrole nitrogens is 1. The third-order valence-corrected chi connectivity index (χ3v) is 3.92. The van der Waals surface area contributed by atoms with Crippen molar-refractivity contribution in [3.05, 3.63) is 53.3 Å². The van der Waals surface area contributed by atoms with Crippen molar-refractivity contribution in [2.75, 3.05) is 4.90 Å². The van der Waals surface area contributed by atoms with E-state index in [9.17, 15) is 4.79 Å². The van der Waals surface area contributed by atoms with Gasteiger partial charge in [0.05, 0.1) is 18.4 Å². The maximum absolute atomic E-state index is 12.8. The van der Waals surface area contributed by atoms with E-state index in [-0.39, 0.29) is 11.8 Å². The molecule has 0 saturated heterocycles. The molecule has 1 amide bonds. The van der Waals surface area contributed by atoms with E-state index in [1.807, 2.05) is 6.07 Å². The van der Waals surface area contributed by atoms with Gasteiger partial charge in [-0.25, -0.2) is 4.98 Å². The Hall–Kier alpha value is -1.95. The molecule has 2 heterocycles. The van der Waals surface area contributed by atoms with Crippen LogP contribution in [0.3, 0.4) is 0 Å². The van der Waals surface area contributed by atoms with Gasteiger partial charge in [-0.15, -0.1) is 0 Å². The summed E-state index contributed by atoms with van der Waals surface area (Å²) in [4.78, 5) is 25.9. The maximum Gasteiger partial charge on any atom is 0.231 e. The van der Waals surface area contributed by atoms with Crippen LogP contribution in [0.15, 0.2) is 47.5 Å². The van der Waals surface area contributed by atoms with Crippen LogP contribution in [-0.4, -0.2) is 20.9 Å². The van der Waals surface area contributed by atoms with Crippen LogP contribution in [0.2, 0.25) is 0 Å². The topological polar surface area (TPSA) is 61.9 Å². The second-order valence-corrected chi connectivity index (χ2v) is 5.88. The minimum absolute atomic E-state index is 0.0129.